The SMILES string of the molecule is CCC(C)COCCOCCOCCOCCOCCOCCOCCC(=O)O. The van der Waals surface area contributed by atoms with Crippen molar-refractivity contribution >= 4 is 5.97 Å². The Morgan fingerprint density at radius 3 is 1.24 bits per heavy atom. The summed E-state index contributed by atoms with van der Waals surface area (Å²) in [5.41, 5.74) is 0. The van der Waals surface area contributed by atoms with E-state index in [1.165, 1.54) is 0 Å². The van der Waals surface area contributed by atoms with Crippen LogP contribution in [-0.2, 0) is 38.0 Å². The van der Waals surface area contributed by atoms with Gasteiger partial charge in [-0.25, -0.2) is 0 Å². The van der Waals surface area contributed by atoms with Gasteiger partial charge in [-0.3, -0.25) is 4.79 Å². The Kier molecular flexibility index (Phi) is 22.8. The highest BCUT2D eigenvalue weighted by Gasteiger charge is 1.98. The van der Waals surface area contributed by atoms with E-state index in [1.54, 1.807) is 0 Å². The molecule has 0 radical (unpaired) electrons. The zero-order valence-corrected chi connectivity index (χ0v) is 18.1. The van der Waals surface area contributed by atoms with Crippen LogP contribution < -0.4 is 0 Å². The summed E-state index contributed by atoms with van der Waals surface area (Å²) in [4.78, 5) is 10.3. The van der Waals surface area contributed by atoms with Gasteiger partial charge in [0, 0.05) is 6.61 Å². The van der Waals surface area contributed by atoms with Gasteiger partial charge < -0.3 is 38.3 Å². The maximum Gasteiger partial charge on any atom is 0.305 e. The van der Waals surface area contributed by atoms with E-state index < -0.39 is 5.97 Å². The van der Waals surface area contributed by atoms with Crippen LogP contribution in [0.5, 0.6) is 0 Å². The average molecular weight is 425 g/mol. The van der Waals surface area contributed by atoms with Crippen LogP contribution in [0.25, 0.3) is 0 Å². The lowest BCUT2D eigenvalue weighted by atomic mass is 10.1. The van der Waals surface area contributed by atoms with Gasteiger partial charge in [0.05, 0.1) is 92.3 Å². The maximum absolute atomic E-state index is 10.3. The maximum atomic E-state index is 10.3. The molecule has 0 aromatic rings. The second kappa shape index (κ2) is 23.5. The number of ether oxygens (including phenoxy) is 7. The van der Waals surface area contributed by atoms with Gasteiger partial charge in [-0.15, -0.1) is 0 Å². The smallest absolute Gasteiger partial charge is 0.305 e. The molecule has 1 unspecified atom stereocenters. The van der Waals surface area contributed by atoms with Gasteiger partial charge in [0.25, 0.3) is 0 Å². The molecule has 1 atom stereocenters. The Labute approximate surface area is 174 Å². The first-order valence-corrected chi connectivity index (χ1v) is 10.4. The van der Waals surface area contributed by atoms with Crippen molar-refractivity contribution in [3.63, 3.8) is 0 Å². The van der Waals surface area contributed by atoms with Crippen LogP contribution in [0.2, 0.25) is 0 Å². The molecule has 29 heavy (non-hydrogen) atoms. The number of rotatable bonds is 24. The quantitative estimate of drug-likeness (QED) is 0.232. The summed E-state index contributed by atoms with van der Waals surface area (Å²) < 4.78 is 37.5. The Balaban J connectivity index is 3.02. The molecule has 0 bridgehead atoms. The average Bonchev–Trinajstić information content (AvgIpc) is 2.71. The fourth-order valence-corrected chi connectivity index (χ4v) is 1.88. The van der Waals surface area contributed by atoms with E-state index in [4.69, 9.17) is 38.3 Å². The van der Waals surface area contributed by atoms with E-state index in [0.29, 0.717) is 85.2 Å². The highest BCUT2D eigenvalue weighted by Crippen LogP contribution is 1.99. The fraction of sp³-hybridized carbons (Fsp3) is 0.950. The van der Waals surface area contributed by atoms with E-state index in [0.717, 1.165) is 13.0 Å². The summed E-state index contributed by atoms with van der Waals surface area (Å²) in [5.74, 6) is -0.267. The van der Waals surface area contributed by atoms with Gasteiger partial charge >= 0.3 is 5.97 Å². The van der Waals surface area contributed by atoms with Crippen molar-refractivity contribution in [3.05, 3.63) is 0 Å². The summed E-state index contributed by atoms with van der Waals surface area (Å²) in [6.45, 7) is 11.4. The Bertz CT molecular complexity index is 342. The molecule has 0 amide bonds. The van der Waals surface area contributed by atoms with Crippen molar-refractivity contribution in [3.8, 4) is 0 Å². The van der Waals surface area contributed by atoms with E-state index >= 15 is 0 Å². The first-order valence-electron chi connectivity index (χ1n) is 10.4. The van der Waals surface area contributed by atoms with Crippen LogP contribution in [0.3, 0.4) is 0 Å². The predicted molar refractivity (Wildman–Crippen MR) is 107 cm³/mol. The van der Waals surface area contributed by atoms with Crippen molar-refractivity contribution in [2.75, 3.05) is 92.5 Å². The van der Waals surface area contributed by atoms with Gasteiger partial charge in [-0.1, -0.05) is 20.3 Å². The largest absolute Gasteiger partial charge is 0.481 e. The van der Waals surface area contributed by atoms with E-state index in [-0.39, 0.29) is 13.0 Å². The molecule has 0 aliphatic rings. The van der Waals surface area contributed by atoms with Crippen molar-refractivity contribution in [2.24, 2.45) is 5.92 Å². The van der Waals surface area contributed by atoms with Gasteiger partial charge in [-0.05, 0) is 5.92 Å². The summed E-state index contributed by atoms with van der Waals surface area (Å²) in [6.07, 6.45) is 1.14. The Morgan fingerprint density at radius 2 is 0.931 bits per heavy atom. The van der Waals surface area contributed by atoms with Crippen LogP contribution >= 0.6 is 0 Å². The summed E-state index contributed by atoms with van der Waals surface area (Å²) in [5, 5.41) is 8.44. The van der Waals surface area contributed by atoms with Crippen LogP contribution in [0, 0.1) is 5.92 Å². The van der Waals surface area contributed by atoms with Crippen molar-refractivity contribution < 1.29 is 43.1 Å². The second-order valence-corrected chi connectivity index (χ2v) is 6.41. The molecule has 9 nitrogen and oxygen atoms in total. The first kappa shape index (κ1) is 28.2. The normalized spacial score (nSPS) is 12.3. The van der Waals surface area contributed by atoms with E-state index in [9.17, 15) is 4.79 Å². The Hall–Kier alpha value is -0.810. The lowest BCUT2D eigenvalue weighted by molar-refractivity contribution is -0.138. The highest BCUT2D eigenvalue weighted by molar-refractivity contribution is 5.66. The standard InChI is InChI=1S/C20H40O9/c1-3-19(2)18-29-17-16-28-15-14-27-13-12-26-11-10-25-9-8-24-7-6-23-5-4-20(21)22/h19H,3-18H2,1-2H3,(H,21,22). The number of carbonyl (C=O) groups is 1. The molecule has 9 heteroatoms. The topological polar surface area (TPSA) is 102 Å². The third-order valence-electron chi connectivity index (χ3n) is 3.79. The molecular formula is C20H40O9. The zero-order chi connectivity index (χ0) is 21.4. The van der Waals surface area contributed by atoms with Crippen LogP contribution in [0.15, 0.2) is 0 Å². The van der Waals surface area contributed by atoms with Gasteiger partial charge in [0.15, 0.2) is 0 Å². The molecule has 1 N–H and O–H groups in total. The second-order valence-electron chi connectivity index (χ2n) is 6.41. The number of carboxylic acid groups (broad SMARTS) is 1. The summed E-state index contributed by atoms with van der Waals surface area (Å²) in [6, 6.07) is 0. The third kappa shape index (κ3) is 25.2. The number of carboxylic acids is 1. The number of aliphatic carboxylic acids is 1. The van der Waals surface area contributed by atoms with Crippen LogP contribution in [0.1, 0.15) is 26.7 Å². The highest BCUT2D eigenvalue weighted by atomic mass is 16.6. The van der Waals surface area contributed by atoms with Crippen molar-refractivity contribution in [1.29, 1.82) is 0 Å². The fourth-order valence-electron chi connectivity index (χ4n) is 1.88. The number of hydrogen-bond donors (Lipinski definition) is 1. The number of hydrogen-bond acceptors (Lipinski definition) is 8. The minimum Gasteiger partial charge on any atom is -0.481 e. The monoisotopic (exact) mass is 424 g/mol. The molecule has 0 saturated carbocycles. The summed E-state index contributed by atoms with van der Waals surface area (Å²) >= 11 is 0. The molecular weight excluding hydrogens is 384 g/mol. The van der Waals surface area contributed by atoms with Gasteiger partial charge in [-0.2, -0.15) is 0 Å². The van der Waals surface area contributed by atoms with E-state index in [2.05, 4.69) is 13.8 Å². The van der Waals surface area contributed by atoms with E-state index in [1.807, 2.05) is 0 Å². The molecule has 0 spiro atoms. The molecule has 0 rings (SSSR count). The summed E-state index contributed by atoms with van der Waals surface area (Å²) in [7, 11) is 0. The molecule has 174 valence electrons. The first-order chi connectivity index (χ1) is 14.2. The van der Waals surface area contributed by atoms with Crippen molar-refractivity contribution in [2.45, 2.75) is 26.7 Å². The molecule has 0 aliphatic heterocycles. The van der Waals surface area contributed by atoms with Crippen LogP contribution in [0.4, 0.5) is 0 Å². The minimum absolute atomic E-state index is 0.00991. The minimum atomic E-state index is -0.865. The zero-order valence-electron chi connectivity index (χ0n) is 18.1. The molecule has 0 aromatic heterocycles. The predicted octanol–water partition coefficient (Wildman–Crippen LogP) is 1.62. The molecule has 0 fully saturated rings. The van der Waals surface area contributed by atoms with Gasteiger partial charge in [0.1, 0.15) is 0 Å². The van der Waals surface area contributed by atoms with Gasteiger partial charge in [0.2, 0.25) is 0 Å². The van der Waals surface area contributed by atoms with Crippen LogP contribution in [-0.4, -0.2) is 104 Å². The molecule has 0 aliphatic carbocycles. The Morgan fingerprint density at radius 1 is 0.621 bits per heavy atom. The lowest BCUT2D eigenvalue weighted by Gasteiger charge is -2.10. The van der Waals surface area contributed by atoms with Crippen molar-refractivity contribution in [1.82, 2.24) is 0 Å². The molecule has 0 heterocycles. The lowest BCUT2D eigenvalue weighted by Crippen LogP contribution is -2.15. The third-order valence-corrected chi connectivity index (χ3v) is 3.79. The molecule has 0 aromatic carbocycles. The molecule has 0 saturated heterocycles.